The number of imidazole rings is 1. The van der Waals surface area contributed by atoms with Crippen molar-refractivity contribution in [3.63, 3.8) is 0 Å². The minimum atomic E-state index is -4.84. The van der Waals surface area contributed by atoms with Crippen LogP contribution in [0.2, 0.25) is 0 Å². The predicted molar refractivity (Wildman–Crippen MR) is 111 cm³/mol. The Labute approximate surface area is 176 Å². The van der Waals surface area contributed by atoms with Gasteiger partial charge in [-0.3, -0.25) is 9.20 Å². The standard InChI is InChI=1S/C23H20F3N3O2/c1-3-6-15(21(30)31)18-19(14-11-9-13(2)10-12-14)29-17-8-5-4-7-16(17)27-22(29)28-20(18)23(24,25)26/h4-5,7-12,15H,3,6H2,1-2H3,(H,30,31). The van der Waals surface area contributed by atoms with Crippen LogP contribution in [0.25, 0.3) is 28.1 Å². The summed E-state index contributed by atoms with van der Waals surface area (Å²) in [5, 5.41) is 9.88. The average molecular weight is 427 g/mol. The highest BCUT2D eigenvalue weighted by molar-refractivity contribution is 5.87. The molecule has 0 radical (unpaired) electrons. The summed E-state index contributed by atoms with van der Waals surface area (Å²) in [6.07, 6.45) is -4.38. The van der Waals surface area contributed by atoms with Gasteiger partial charge in [0.1, 0.15) is 0 Å². The van der Waals surface area contributed by atoms with Crippen molar-refractivity contribution in [2.45, 2.75) is 38.8 Å². The number of aliphatic carboxylic acids is 1. The van der Waals surface area contributed by atoms with E-state index in [0.717, 1.165) is 5.56 Å². The maximum Gasteiger partial charge on any atom is 0.433 e. The number of aryl methyl sites for hydroxylation is 1. The highest BCUT2D eigenvalue weighted by Crippen LogP contribution is 2.42. The summed E-state index contributed by atoms with van der Waals surface area (Å²) in [5.74, 6) is -2.80. The van der Waals surface area contributed by atoms with Gasteiger partial charge in [0.15, 0.2) is 5.69 Å². The number of hydrogen-bond donors (Lipinski definition) is 1. The number of alkyl halides is 3. The smallest absolute Gasteiger partial charge is 0.433 e. The molecule has 2 aromatic carbocycles. The van der Waals surface area contributed by atoms with Crippen molar-refractivity contribution in [3.8, 4) is 11.3 Å². The fourth-order valence-electron chi connectivity index (χ4n) is 3.92. The number of carbonyl (C=O) groups is 1. The molecule has 2 aromatic heterocycles. The molecule has 160 valence electrons. The molecule has 0 saturated heterocycles. The summed E-state index contributed by atoms with van der Waals surface area (Å²) in [5.41, 5.74) is 1.08. The molecule has 5 nitrogen and oxygen atoms in total. The molecule has 0 saturated carbocycles. The summed E-state index contributed by atoms with van der Waals surface area (Å²) in [6, 6.07) is 13.9. The van der Waals surface area contributed by atoms with Gasteiger partial charge in [0.05, 0.1) is 22.6 Å². The van der Waals surface area contributed by atoms with Gasteiger partial charge in [-0.05, 0) is 31.0 Å². The minimum Gasteiger partial charge on any atom is -0.481 e. The average Bonchev–Trinajstić information content (AvgIpc) is 3.09. The molecule has 0 spiro atoms. The number of carboxylic acid groups (broad SMARTS) is 1. The van der Waals surface area contributed by atoms with Gasteiger partial charge in [-0.25, -0.2) is 9.97 Å². The van der Waals surface area contributed by atoms with Crippen LogP contribution in [-0.2, 0) is 11.0 Å². The number of nitrogens with zero attached hydrogens (tertiary/aromatic N) is 3. The van der Waals surface area contributed by atoms with Crippen LogP contribution in [0.15, 0.2) is 48.5 Å². The Balaban J connectivity index is 2.25. The topological polar surface area (TPSA) is 67.5 Å². The van der Waals surface area contributed by atoms with Gasteiger partial charge < -0.3 is 5.11 Å². The van der Waals surface area contributed by atoms with E-state index < -0.39 is 23.8 Å². The van der Waals surface area contributed by atoms with Crippen molar-refractivity contribution in [3.05, 3.63) is 65.4 Å². The number of benzene rings is 2. The van der Waals surface area contributed by atoms with E-state index >= 15 is 0 Å². The van der Waals surface area contributed by atoms with E-state index in [1.165, 1.54) is 4.40 Å². The monoisotopic (exact) mass is 427 g/mol. The van der Waals surface area contributed by atoms with Crippen molar-refractivity contribution in [2.24, 2.45) is 0 Å². The van der Waals surface area contributed by atoms with Gasteiger partial charge in [0.25, 0.3) is 0 Å². The van der Waals surface area contributed by atoms with Gasteiger partial charge in [-0.15, -0.1) is 0 Å². The Bertz CT molecular complexity index is 1280. The first kappa shape index (κ1) is 20.8. The Morgan fingerprint density at radius 2 is 1.77 bits per heavy atom. The molecule has 1 N–H and O–H groups in total. The molecule has 0 aliphatic carbocycles. The molecule has 0 fully saturated rings. The van der Waals surface area contributed by atoms with Gasteiger partial charge in [-0.2, -0.15) is 13.2 Å². The van der Waals surface area contributed by atoms with Crippen molar-refractivity contribution in [1.82, 2.24) is 14.4 Å². The summed E-state index contributed by atoms with van der Waals surface area (Å²) < 4.78 is 44.0. The van der Waals surface area contributed by atoms with Crippen LogP contribution in [-0.4, -0.2) is 25.4 Å². The largest absolute Gasteiger partial charge is 0.481 e. The summed E-state index contributed by atoms with van der Waals surface area (Å²) in [6.45, 7) is 3.62. The zero-order valence-corrected chi connectivity index (χ0v) is 16.9. The molecule has 2 heterocycles. The van der Waals surface area contributed by atoms with E-state index in [9.17, 15) is 23.1 Å². The fraction of sp³-hybridized carbons (Fsp3) is 0.261. The lowest BCUT2D eigenvalue weighted by Gasteiger charge is -2.22. The molecule has 1 atom stereocenters. The molecule has 1 unspecified atom stereocenters. The van der Waals surface area contributed by atoms with Crippen LogP contribution in [0.1, 0.15) is 42.5 Å². The van der Waals surface area contributed by atoms with Gasteiger partial charge in [0.2, 0.25) is 5.78 Å². The van der Waals surface area contributed by atoms with E-state index in [0.29, 0.717) is 23.0 Å². The number of hydrogen-bond acceptors (Lipinski definition) is 3. The van der Waals surface area contributed by atoms with Crippen LogP contribution < -0.4 is 0 Å². The highest BCUT2D eigenvalue weighted by Gasteiger charge is 2.42. The number of fused-ring (bicyclic) bond motifs is 3. The molecule has 0 aliphatic heterocycles. The van der Waals surface area contributed by atoms with Crippen LogP contribution in [0.5, 0.6) is 0 Å². The second-order valence-electron chi connectivity index (χ2n) is 7.50. The predicted octanol–water partition coefficient (Wildman–Crippen LogP) is 5.85. The van der Waals surface area contributed by atoms with Crippen molar-refractivity contribution >= 4 is 22.8 Å². The third kappa shape index (κ3) is 3.62. The van der Waals surface area contributed by atoms with E-state index in [4.69, 9.17) is 0 Å². The van der Waals surface area contributed by atoms with Crippen molar-refractivity contribution < 1.29 is 23.1 Å². The van der Waals surface area contributed by atoms with Crippen molar-refractivity contribution in [2.75, 3.05) is 0 Å². The van der Waals surface area contributed by atoms with Crippen LogP contribution >= 0.6 is 0 Å². The Kier molecular flexibility index (Phi) is 5.16. The number of aromatic nitrogens is 3. The highest BCUT2D eigenvalue weighted by atomic mass is 19.4. The molecule has 8 heteroatoms. The zero-order chi connectivity index (χ0) is 22.3. The first-order chi connectivity index (χ1) is 14.7. The number of rotatable bonds is 5. The number of carboxylic acids is 1. The lowest BCUT2D eigenvalue weighted by Crippen LogP contribution is -2.22. The van der Waals surface area contributed by atoms with Crippen LogP contribution in [0, 0.1) is 6.92 Å². The molecule has 31 heavy (non-hydrogen) atoms. The van der Waals surface area contributed by atoms with Crippen LogP contribution in [0.3, 0.4) is 0 Å². The van der Waals surface area contributed by atoms with E-state index in [1.807, 2.05) is 6.92 Å². The fourth-order valence-corrected chi connectivity index (χ4v) is 3.92. The summed E-state index contributed by atoms with van der Waals surface area (Å²) >= 11 is 0. The summed E-state index contributed by atoms with van der Waals surface area (Å²) in [4.78, 5) is 20.2. The zero-order valence-electron chi connectivity index (χ0n) is 16.9. The normalized spacial score (nSPS) is 13.1. The maximum absolute atomic E-state index is 14.2. The Morgan fingerprint density at radius 1 is 1.10 bits per heavy atom. The number of para-hydroxylation sites is 2. The SMILES string of the molecule is CCCC(C(=O)O)c1c(C(F)(F)F)nc2nc3ccccc3n2c1-c1ccc(C)cc1. The Hall–Kier alpha value is -3.42. The van der Waals surface area contributed by atoms with Gasteiger partial charge >= 0.3 is 12.1 Å². The summed E-state index contributed by atoms with van der Waals surface area (Å²) in [7, 11) is 0. The molecular formula is C23H20F3N3O2. The van der Waals surface area contributed by atoms with E-state index in [-0.39, 0.29) is 23.5 Å². The quantitative estimate of drug-likeness (QED) is 0.434. The molecule has 4 aromatic rings. The molecule has 0 amide bonds. The minimum absolute atomic E-state index is 0.0527. The Morgan fingerprint density at radius 3 is 2.39 bits per heavy atom. The molecule has 4 rings (SSSR count). The first-order valence-corrected chi connectivity index (χ1v) is 9.90. The van der Waals surface area contributed by atoms with Gasteiger partial charge in [-0.1, -0.05) is 55.3 Å². The van der Waals surface area contributed by atoms with E-state index in [1.54, 1.807) is 55.5 Å². The lowest BCUT2D eigenvalue weighted by atomic mass is 9.88. The maximum atomic E-state index is 14.2. The third-order valence-electron chi connectivity index (χ3n) is 5.31. The van der Waals surface area contributed by atoms with Crippen LogP contribution in [0.4, 0.5) is 13.2 Å². The third-order valence-corrected chi connectivity index (χ3v) is 5.31. The second-order valence-corrected chi connectivity index (χ2v) is 7.50. The molecule has 0 aliphatic rings. The second kappa shape index (κ2) is 7.68. The molecule has 0 bridgehead atoms. The molecular weight excluding hydrogens is 407 g/mol. The van der Waals surface area contributed by atoms with E-state index in [2.05, 4.69) is 9.97 Å². The lowest BCUT2D eigenvalue weighted by molar-refractivity contribution is -0.143. The van der Waals surface area contributed by atoms with Gasteiger partial charge in [0, 0.05) is 5.56 Å². The first-order valence-electron chi connectivity index (χ1n) is 9.90. The number of halogens is 3. The van der Waals surface area contributed by atoms with Crippen molar-refractivity contribution in [1.29, 1.82) is 0 Å².